The highest BCUT2D eigenvalue weighted by atomic mass is 16.5. The lowest BCUT2D eigenvalue weighted by atomic mass is 10.00. The van der Waals surface area contributed by atoms with Gasteiger partial charge in [0.25, 0.3) is 0 Å². The quantitative estimate of drug-likeness (QED) is 0.707. The summed E-state index contributed by atoms with van der Waals surface area (Å²) in [5.41, 5.74) is 0. The summed E-state index contributed by atoms with van der Waals surface area (Å²) in [4.78, 5) is 11.8. The minimum atomic E-state index is -0.0321. The van der Waals surface area contributed by atoms with Crippen molar-refractivity contribution in [1.82, 2.24) is 5.32 Å². The van der Waals surface area contributed by atoms with Gasteiger partial charge < -0.3 is 10.1 Å². The van der Waals surface area contributed by atoms with Crippen LogP contribution in [0.5, 0.6) is 0 Å². The van der Waals surface area contributed by atoms with E-state index in [-0.39, 0.29) is 11.9 Å². The average Bonchev–Trinajstić information content (AvgIpc) is 2.31. The van der Waals surface area contributed by atoms with Crippen molar-refractivity contribution in [2.45, 2.75) is 38.5 Å². The zero-order valence-electron chi connectivity index (χ0n) is 9.13. The van der Waals surface area contributed by atoms with Crippen molar-refractivity contribution in [2.75, 3.05) is 13.1 Å². The molecule has 3 heteroatoms. The molecule has 1 unspecified atom stereocenters. The number of hydrogen-bond donors (Lipinski definition) is 1. The topological polar surface area (TPSA) is 38.3 Å². The van der Waals surface area contributed by atoms with E-state index in [4.69, 9.17) is 4.74 Å². The van der Waals surface area contributed by atoms with Gasteiger partial charge >= 0.3 is 5.97 Å². The first-order chi connectivity index (χ1) is 7.36. The Balaban J connectivity index is 1.82. The first-order valence-corrected chi connectivity index (χ1v) is 5.98. The summed E-state index contributed by atoms with van der Waals surface area (Å²) in [5, 5.41) is 3.23. The van der Waals surface area contributed by atoms with Crippen molar-refractivity contribution in [3.8, 4) is 0 Å². The molecule has 0 radical (unpaired) electrons. The number of allylic oxidation sites excluding steroid dienone is 2. The molecule has 1 N–H and O–H groups in total. The standard InChI is InChI=1S/C12H19NO2/c14-12(10-5-4-8-13-9-10)15-11-6-2-1-3-7-11/h6,10,13H,1-5,7-9H2. The molecule has 1 aliphatic carbocycles. The molecule has 3 nitrogen and oxygen atoms in total. The van der Waals surface area contributed by atoms with E-state index in [2.05, 4.69) is 11.4 Å². The summed E-state index contributed by atoms with van der Waals surface area (Å²) < 4.78 is 5.41. The van der Waals surface area contributed by atoms with E-state index >= 15 is 0 Å². The van der Waals surface area contributed by atoms with Gasteiger partial charge in [0, 0.05) is 13.0 Å². The Morgan fingerprint density at radius 2 is 2.33 bits per heavy atom. The molecule has 84 valence electrons. The maximum atomic E-state index is 11.8. The first kappa shape index (κ1) is 10.7. The predicted molar refractivity (Wildman–Crippen MR) is 58.2 cm³/mol. The van der Waals surface area contributed by atoms with E-state index in [0.717, 1.165) is 51.0 Å². The third-order valence-corrected chi connectivity index (χ3v) is 3.11. The number of rotatable bonds is 2. The molecule has 1 atom stereocenters. The molecule has 0 saturated carbocycles. The van der Waals surface area contributed by atoms with Gasteiger partial charge in [0.1, 0.15) is 5.76 Å². The lowest BCUT2D eigenvalue weighted by Crippen LogP contribution is -2.35. The lowest BCUT2D eigenvalue weighted by molar-refractivity contribution is -0.145. The van der Waals surface area contributed by atoms with E-state index in [1.807, 2.05) is 0 Å². The van der Waals surface area contributed by atoms with Crippen LogP contribution in [0.3, 0.4) is 0 Å². The lowest BCUT2D eigenvalue weighted by Gasteiger charge is -2.22. The van der Waals surface area contributed by atoms with Crippen LogP contribution in [-0.4, -0.2) is 19.1 Å². The molecule has 0 bridgehead atoms. The molecule has 1 saturated heterocycles. The SMILES string of the molecule is O=C(OC1=CCCCC1)C1CCCNC1. The fourth-order valence-electron chi connectivity index (χ4n) is 2.17. The van der Waals surface area contributed by atoms with Gasteiger partial charge in [0.05, 0.1) is 5.92 Å². The highest BCUT2D eigenvalue weighted by Crippen LogP contribution is 2.21. The van der Waals surface area contributed by atoms with Crippen LogP contribution in [0.1, 0.15) is 38.5 Å². The maximum absolute atomic E-state index is 11.8. The average molecular weight is 209 g/mol. The molecule has 2 aliphatic rings. The summed E-state index contributed by atoms with van der Waals surface area (Å²) in [6.07, 6.45) is 8.50. The first-order valence-electron chi connectivity index (χ1n) is 5.98. The Labute approximate surface area is 90.9 Å². The van der Waals surface area contributed by atoms with Crippen LogP contribution in [0, 0.1) is 5.92 Å². The minimum Gasteiger partial charge on any atom is -0.431 e. The number of piperidine rings is 1. The number of esters is 1. The van der Waals surface area contributed by atoms with E-state index in [1.165, 1.54) is 6.42 Å². The largest absolute Gasteiger partial charge is 0.431 e. The summed E-state index contributed by atoms with van der Waals surface area (Å²) in [6.45, 7) is 1.82. The predicted octanol–water partition coefficient (Wildman–Crippen LogP) is 1.99. The number of ether oxygens (including phenoxy) is 1. The van der Waals surface area contributed by atoms with Gasteiger partial charge in [-0.1, -0.05) is 0 Å². The van der Waals surface area contributed by atoms with Crippen molar-refractivity contribution in [1.29, 1.82) is 0 Å². The van der Waals surface area contributed by atoms with Crippen LogP contribution in [0.15, 0.2) is 11.8 Å². The van der Waals surface area contributed by atoms with E-state index in [9.17, 15) is 4.79 Å². The minimum absolute atomic E-state index is 0.0321. The van der Waals surface area contributed by atoms with Gasteiger partial charge in [-0.25, -0.2) is 0 Å². The molecular weight excluding hydrogens is 190 g/mol. The molecule has 0 aromatic heterocycles. The molecule has 0 aromatic carbocycles. The Morgan fingerprint density at radius 1 is 1.40 bits per heavy atom. The number of nitrogens with one attached hydrogen (secondary N) is 1. The van der Waals surface area contributed by atoms with Crippen LogP contribution < -0.4 is 5.32 Å². The van der Waals surface area contributed by atoms with Gasteiger partial charge in [-0.2, -0.15) is 0 Å². The van der Waals surface area contributed by atoms with Crippen molar-refractivity contribution in [3.05, 3.63) is 11.8 Å². The highest BCUT2D eigenvalue weighted by Gasteiger charge is 2.23. The molecule has 1 aliphatic heterocycles. The Bertz CT molecular complexity index is 254. The van der Waals surface area contributed by atoms with E-state index in [1.54, 1.807) is 0 Å². The molecule has 1 fully saturated rings. The van der Waals surface area contributed by atoms with E-state index in [0.29, 0.717) is 0 Å². The Hall–Kier alpha value is -0.830. The summed E-state index contributed by atoms with van der Waals surface area (Å²) >= 11 is 0. The maximum Gasteiger partial charge on any atom is 0.315 e. The van der Waals surface area contributed by atoms with Gasteiger partial charge in [0.2, 0.25) is 0 Å². The normalized spacial score (nSPS) is 26.9. The fourth-order valence-corrected chi connectivity index (χ4v) is 2.17. The summed E-state index contributed by atoms with van der Waals surface area (Å²) in [7, 11) is 0. The number of hydrogen-bond acceptors (Lipinski definition) is 3. The summed E-state index contributed by atoms with van der Waals surface area (Å²) in [5.74, 6) is 0.939. The summed E-state index contributed by atoms with van der Waals surface area (Å²) in [6, 6.07) is 0. The van der Waals surface area contributed by atoms with Gasteiger partial charge in [-0.15, -0.1) is 0 Å². The van der Waals surface area contributed by atoms with Crippen LogP contribution in [0.25, 0.3) is 0 Å². The monoisotopic (exact) mass is 209 g/mol. The molecule has 1 heterocycles. The van der Waals surface area contributed by atoms with Gasteiger partial charge in [-0.3, -0.25) is 4.79 Å². The Kier molecular flexibility index (Phi) is 3.78. The zero-order chi connectivity index (χ0) is 10.5. The van der Waals surface area contributed by atoms with Crippen LogP contribution in [0.4, 0.5) is 0 Å². The van der Waals surface area contributed by atoms with Crippen LogP contribution in [0.2, 0.25) is 0 Å². The van der Waals surface area contributed by atoms with Crippen LogP contribution in [-0.2, 0) is 9.53 Å². The molecule has 0 aromatic rings. The van der Waals surface area contributed by atoms with Crippen molar-refractivity contribution >= 4 is 5.97 Å². The van der Waals surface area contributed by atoms with Gasteiger partial charge in [0.15, 0.2) is 0 Å². The number of carbonyl (C=O) groups is 1. The van der Waals surface area contributed by atoms with Gasteiger partial charge in [-0.05, 0) is 44.7 Å². The second-order valence-electron chi connectivity index (χ2n) is 4.38. The number of carbonyl (C=O) groups excluding carboxylic acids is 1. The third kappa shape index (κ3) is 3.06. The second kappa shape index (κ2) is 5.31. The molecule has 0 amide bonds. The molecular formula is C12H19NO2. The van der Waals surface area contributed by atoms with Crippen LogP contribution >= 0.6 is 0 Å². The zero-order valence-corrected chi connectivity index (χ0v) is 9.13. The van der Waals surface area contributed by atoms with E-state index < -0.39 is 0 Å². The smallest absolute Gasteiger partial charge is 0.315 e. The van der Waals surface area contributed by atoms with Crippen molar-refractivity contribution in [2.24, 2.45) is 5.92 Å². The Morgan fingerprint density at radius 3 is 3.00 bits per heavy atom. The third-order valence-electron chi connectivity index (χ3n) is 3.11. The fraction of sp³-hybridized carbons (Fsp3) is 0.750. The van der Waals surface area contributed by atoms with Crippen molar-refractivity contribution in [3.63, 3.8) is 0 Å². The second-order valence-corrected chi connectivity index (χ2v) is 4.38. The molecule has 15 heavy (non-hydrogen) atoms. The molecule has 2 rings (SSSR count). The van der Waals surface area contributed by atoms with Crippen molar-refractivity contribution < 1.29 is 9.53 Å². The highest BCUT2D eigenvalue weighted by molar-refractivity contribution is 5.73. The molecule has 0 spiro atoms.